The zero-order valence-corrected chi connectivity index (χ0v) is 14.2. The van der Waals surface area contributed by atoms with Crippen LogP contribution in [-0.2, 0) is 4.74 Å². The zero-order chi connectivity index (χ0) is 15.5. The Hall–Kier alpha value is -0.770. The molecular formula is C17H32N2O2. The summed E-state index contributed by atoms with van der Waals surface area (Å²) in [6, 6.07) is 0.685. The molecule has 1 amide bonds. The first-order valence-electron chi connectivity index (χ1n) is 8.55. The van der Waals surface area contributed by atoms with Crippen LogP contribution in [0.2, 0.25) is 0 Å². The number of nitrogens with one attached hydrogen (secondary N) is 1. The fourth-order valence-electron chi connectivity index (χ4n) is 3.44. The summed E-state index contributed by atoms with van der Waals surface area (Å²) in [5.41, 5.74) is -0.397. The lowest BCUT2D eigenvalue weighted by Gasteiger charge is -2.28. The van der Waals surface area contributed by atoms with E-state index in [4.69, 9.17) is 4.74 Å². The van der Waals surface area contributed by atoms with Crippen molar-refractivity contribution in [3.63, 3.8) is 0 Å². The Bertz CT molecular complexity index is 351. The molecule has 1 saturated heterocycles. The number of amides is 1. The number of rotatable bonds is 3. The first-order valence-corrected chi connectivity index (χ1v) is 8.55. The van der Waals surface area contributed by atoms with E-state index in [2.05, 4.69) is 12.2 Å². The van der Waals surface area contributed by atoms with Crippen LogP contribution < -0.4 is 5.32 Å². The predicted octanol–water partition coefficient (Wildman–Crippen LogP) is 3.41. The molecule has 2 aliphatic rings. The van der Waals surface area contributed by atoms with Gasteiger partial charge in [0.25, 0.3) is 0 Å². The van der Waals surface area contributed by atoms with Crippen LogP contribution in [0.3, 0.4) is 0 Å². The smallest absolute Gasteiger partial charge is 0.410 e. The molecule has 1 N–H and O–H groups in total. The summed E-state index contributed by atoms with van der Waals surface area (Å²) < 4.78 is 5.45. The Balaban J connectivity index is 1.69. The Morgan fingerprint density at radius 3 is 2.71 bits per heavy atom. The summed E-state index contributed by atoms with van der Waals surface area (Å²) in [6.07, 6.45) is 6.29. The van der Waals surface area contributed by atoms with Gasteiger partial charge in [0.2, 0.25) is 0 Å². The van der Waals surface area contributed by atoms with E-state index in [0.717, 1.165) is 32.0 Å². The topological polar surface area (TPSA) is 41.6 Å². The second-order valence-electron chi connectivity index (χ2n) is 7.96. The van der Waals surface area contributed by atoms with E-state index in [-0.39, 0.29) is 6.09 Å². The normalized spacial score (nSPS) is 30.5. The van der Waals surface area contributed by atoms with Crippen molar-refractivity contribution in [2.24, 2.45) is 11.8 Å². The summed E-state index contributed by atoms with van der Waals surface area (Å²) >= 11 is 0. The van der Waals surface area contributed by atoms with Crippen LogP contribution in [0.15, 0.2) is 0 Å². The van der Waals surface area contributed by atoms with Crippen molar-refractivity contribution >= 4 is 6.09 Å². The molecule has 2 fully saturated rings. The summed E-state index contributed by atoms with van der Waals surface area (Å²) in [5, 5.41) is 3.72. The van der Waals surface area contributed by atoms with Crippen LogP contribution in [0.5, 0.6) is 0 Å². The lowest BCUT2D eigenvalue weighted by molar-refractivity contribution is 0.0288. The highest BCUT2D eigenvalue weighted by Crippen LogP contribution is 2.24. The van der Waals surface area contributed by atoms with Crippen molar-refractivity contribution in [1.82, 2.24) is 10.2 Å². The number of carbonyl (C=O) groups excluding carboxylic acids is 1. The van der Waals surface area contributed by atoms with E-state index in [9.17, 15) is 4.79 Å². The lowest BCUT2D eigenvalue weighted by atomic mass is 9.87. The fraction of sp³-hybridized carbons (Fsp3) is 0.941. The highest BCUT2D eigenvalue weighted by Gasteiger charge is 2.30. The molecule has 1 saturated carbocycles. The number of ether oxygens (including phenoxy) is 1. The molecule has 0 aromatic rings. The van der Waals surface area contributed by atoms with Gasteiger partial charge in [0.05, 0.1) is 0 Å². The van der Waals surface area contributed by atoms with Crippen LogP contribution in [0, 0.1) is 11.8 Å². The van der Waals surface area contributed by atoms with Crippen molar-refractivity contribution in [2.75, 3.05) is 19.6 Å². The van der Waals surface area contributed by atoms with Gasteiger partial charge in [-0.05, 0) is 58.4 Å². The molecule has 2 rings (SSSR count). The quantitative estimate of drug-likeness (QED) is 0.867. The summed E-state index contributed by atoms with van der Waals surface area (Å²) in [6.45, 7) is 10.8. The van der Waals surface area contributed by atoms with Crippen LogP contribution in [0.4, 0.5) is 4.79 Å². The number of hydrogen-bond acceptors (Lipinski definition) is 3. The van der Waals surface area contributed by atoms with Crippen LogP contribution in [0.25, 0.3) is 0 Å². The molecule has 0 spiro atoms. The van der Waals surface area contributed by atoms with Gasteiger partial charge < -0.3 is 15.0 Å². The molecule has 122 valence electrons. The van der Waals surface area contributed by atoms with Crippen LogP contribution in [-0.4, -0.2) is 42.3 Å². The van der Waals surface area contributed by atoms with Crippen molar-refractivity contribution in [3.8, 4) is 0 Å². The average molecular weight is 296 g/mol. The predicted molar refractivity (Wildman–Crippen MR) is 85.3 cm³/mol. The number of likely N-dealkylation sites (tertiary alicyclic amines) is 1. The van der Waals surface area contributed by atoms with Gasteiger partial charge in [0.1, 0.15) is 5.60 Å². The maximum atomic E-state index is 12.0. The SMILES string of the molecule is CC1CCCC(NCC2CCN(C(=O)OC(C)(C)C)C2)C1. The molecule has 1 aliphatic carbocycles. The van der Waals surface area contributed by atoms with Crippen molar-refractivity contribution in [1.29, 1.82) is 0 Å². The number of carbonyl (C=O) groups is 1. The standard InChI is InChI=1S/C17H32N2O2/c1-13-6-5-7-15(10-13)18-11-14-8-9-19(12-14)16(20)21-17(2,3)4/h13-15,18H,5-12H2,1-4H3. The lowest BCUT2D eigenvalue weighted by Crippen LogP contribution is -2.38. The third-order valence-electron chi connectivity index (χ3n) is 4.57. The highest BCUT2D eigenvalue weighted by atomic mass is 16.6. The Labute approximate surface area is 129 Å². The minimum absolute atomic E-state index is 0.156. The monoisotopic (exact) mass is 296 g/mol. The minimum Gasteiger partial charge on any atom is -0.444 e. The van der Waals surface area contributed by atoms with Crippen molar-refractivity contribution < 1.29 is 9.53 Å². The molecule has 21 heavy (non-hydrogen) atoms. The Morgan fingerprint density at radius 2 is 2.05 bits per heavy atom. The molecule has 3 unspecified atom stereocenters. The molecule has 4 heteroatoms. The molecule has 0 aromatic heterocycles. The van der Waals surface area contributed by atoms with Gasteiger partial charge in [-0.25, -0.2) is 4.79 Å². The van der Waals surface area contributed by atoms with Gasteiger partial charge in [-0.3, -0.25) is 0 Å². The van der Waals surface area contributed by atoms with Gasteiger partial charge in [-0.2, -0.15) is 0 Å². The number of nitrogens with zero attached hydrogens (tertiary/aromatic N) is 1. The van der Waals surface area contributed by atoms with Crippen LogP contribution >= 0.6 is 0 Å². The first kappa shape index (κ1) is 16.6. The molecule has 1 aliphatic heterocycles. The van der Waals surface area contributed by atoms with Gasteiger partial charge in [0, 0.05) is 19.1 Å². The second kappa shape index (κ2) is 6.99. The van der Waals surface area contributed by atoms with E-state index < -0.39 is 5.60 Å². The largest absolute Gasteiger partial charge is 0.444 e. The van der Waals surface area contributed by atoms with Gasteiger partial charge in [0.15, 0.2) is 0 Å². The van der Waals surface area contributed by atoms with E-state index in [0.29, 0.717) is 12.0 Å². The fourth-order valence-corrected chi connectivity index (χ4v) is 3.44. The minimum atomic E-state index is -0.397. The third-order valence-corrected chi connectivity index (χ3v) is 4.57. The van der Waals surface area contributed by atoms with E-state index in [1.807, 2.05) is 25.7 Å². The van der Waals surface area contributed by atoms with E-state index in [1.165, 1.54) is 25.7 Å². The first-order chi connectivity index (χ1) is 9.83. The van der Waals surface area contributed by atoms with E-state index in [1.54, 1.807) is 0 Å². The Kier molecular flexibility index (Phi) is 5.53. The number of hydrogen-bond donors (Lipinski definition) is 1. The summed E-state index contributed by atoms with van der Waals surface area (Å²) in [4.78, 5) is 13.9. The molecule has 3 atom stereocenters. The summed E-state index contributed by atoms with van der Waals surface area (Å²) in [5.74, 6) is 1.44. The van der Waals surface area contributed by atoms with Gasteiger partial charge >= 0.3 is 6.09 Å². The van der Waals surface area contributed by atoms with Crippen molar-refractivity contribution in [2.45, 2.75) is 71.4 Å². The highest BCUT2D eigenvalue weighted by molar-refractivity contribution is 5.68. The molecule has 0 bridgehead atoms. The average Bonchev–Trinajstić information content (AvgIpc) is 2.83. The molecule has 1 heterocycles. The maximum absolute atomic E-state index is 12.0. The molecular weight excluding hydrogens is 264 g/mol. The molecule has 0 radical (unpaired) electrons. The maximum Gasteiger partial charge on any atom is 0.410 e. The molecule has 0 aromatic carbocycles. The van der Waals surface area contributed by atoms with Crippen molar-refractivity contribution in [3.05, 3.63) is 0 Å². The second-order valence-corrected chi connectivity index (χ2v) is 7.96. The molecule has 4 nitrogen and oxygen atoms in total. The van der Waals surface area contributed by atoms with Crippen LogP contribution in [0.1, 0.15) is 59.8 Å². The van der Waals surface area contributed by atoms with E-state index >= 15 is 0 Å². The Morgan fingerprint density at radius 1 is 1.29 bits per heavy atom. The zero-order valence-electron chi connectivity index (χ0n) is 14.2. The summed E-state index contributed by atoms with van der Waals surface area (Å²) in [7, 11) is 0. The third kappa shape index (κ3) is 5.50. The van der Waals surface area contributed by atoms with Gasteiger partial charge in [-0.1, -0.05) is 19.8 Å². The van der Waals surface area contributed by atoms with Gasteiger partial charge in [-0.15, -0.1) is 0 Å².